The highest BCUT2D eigenvalue weighted by atomic mass is 32.2. The summed E-state index contributed by atoms with van der Waals surface area (Å²) in [5.41, 5.74) is 4.41. The van der Waals surface area contributed by atoms with E-state index in [4.69, 9.17) is 0 Å². The predicted molar refractivity (Wildman–Crippen MR) is 132 cm³/mol. The molecule has 1 N–H and O–H groups in total. The number of hydrogen-bond acceptors (Lipinski definition) is 7. The van der Waals surface area contributed by atoms with Crippen molar-refractivity contribution in [1.82, 2.24) is 19.7 Å². The van der Waals surface area contributed by atoms with Gasteiger partial charge in [0.25, 0.3) is 11.5 Å². The highest BCUT2D eigenvalue weighted by Gasteiger charge is 2.21. The lowest BCUT2D eigenvalue weighted by Gasteiger charge is -2.26. The molecule has 3 aromatic rings. The lowest BCUT2D eigenvalue weighted by Crippen LogP contribution is -2.31. The first-order valence-electron chi connectivity index (χ1n) is 10.6. The van der Waals surface area contributed by atoms with E-state index in [9.17, 15) is 9.59 Å². The fourth-order valence-corrected chi connectivity index (χ4v) is 5.80. The molecular formula is C23H27N5O2S2. The van der Waals surface area contributed by atoms with Crippen molar-refractivity contribution in [1.29, 1.82) is 0 Å². The summed E-state index contributed by atoms with van der Waals surface area (Å²) in [5.74, 6) is 2.13. The summed E-state index contributed by atoms with van der Waals surface area (Å²) in [4.78, 5) is 33.2. The van der Waals surface area contributed by atoms with E-state index < -0.39 is 0 Å². The zero-order valence-electron chi connectivity index (χ0n) is 18.8. The number of amides is 1. The second-order valence-electron chi connectivity index (χ2n) is 7.99. The second kappa shape index (κ2) is 9.56. The molecule has 1 amide bonds. The quantitative estimate of drug-likeness (QED) is 0.615. The van der Waals surface area contributed by atoms with Gasteiger partial charge in [0.05, 0.1) is 17.0 Å². The molecule has 1 aliphatic rings. The van der Waals surface area contributed by atoms with Crippen LogP contribution in [-0.2, 0) is 13.6 Å². The van der Waals surface area contributed by atoms with Crippen molar-refractivity contribution in [3.63, 3.8) is 0 Å². The first-order valence-corrected chi connectivity index (χ1v) is 12.5. The maximum atomic E-state index is 13.0. The molecule has 0 radical (unpaired) electrons. The SMILES string of the molecule is Cc1nc(-c2c(C)c(C)nn(C)c2=O)sc1C(=O)Nc1cccc(CN2CCSCC2)c1. The molecule has 0 bridgehead atoms. The standard InChI is InChI=1S/C23H27N5O2S2/c1-14-15(2)26-27(4)23(30)19(14)22-24-16(3)20(32-22)21(29)25-18-7-5-6-17(12-18)13-28-8-10-31-11-9-28/h5-7,12H,8-11,13H2,1-4H3,(H,25,29). The maximum absolute atomic E-state index is 13.0. The lowest BCUT2D eigenvalue weighted by molar-refractivity contribution is 0.103. The topological polar surface area (TPSA) is 80.1 Å². The number of nitrogens with one attached hydrogen (secondary N) is 1. The van der Waals surface area contributed by atoms with Gasteiger partial charge in [0, 0.05) is 43.9 Å². The minimum absolute atomic E-state index is 0.210. The lowest BCUT2D eigenvalue weighted by atomic mass is 10.1. The summed E-state index contributed by atoms with van der Waals surface area (Å²) in [7, 11) is 1.63. The Kier molecular flexibility index (Phi) is 6.78. The van der Waals surface area contributed by atoms with Gasteiger partial charge in [0.2, 0.25) is 0 Å². The van der Waals surface area contributed by atoms with E-state index >= 15 is 0 Å². The molecule has 0 aliphatic carbocycles. The van der Waals surface area contributed by atoms with Gasteiger partial charge < -0.3 is 5.32 Å². The van der Waals surface area contributed by atoms with E-state index in [1.807, 2.05) is 43.8 Å². The van der Waals surface area contributed by atoms with Crippen molar-refractivity contribution < 1.29 is 4.79 Å². The van der Waals surface area contributed by atoms with Gasteiger partial charge in [-0.05, 0) is 44.0 Å². The Balaban J connectivity index is 1.55. The Morgan fingerprint density at radius 3 is 2.66 bits per heavy atom. The largest absolute Gasteiger partial charge is 0.321 e. The fraction of sp³-hybridized carbons (Fsp3) is 0.391. The van der Waals surface area contributed by atoms with Crippen molar-refractivity contribution in [2.45, 2.75) is 27.3 Å². The number of aryl methyl sites for hydroxylation is 3. The van der Waals surface area contributed by atoms with Crippen LogP contribution in [0.25, 0.3) is 10.6 Å². The molecule has 168 valence electrons. The van der Waals surface area contributed by atoms with Crippen LogP contribution in [0.4, 0.5) is 5.69 Å². The summed E-state index contributed by atoms with van der Waals surface area (Å²) in [6.45, 7) is 8.60. The number of thiazole rings is 1. The van der Waals surface area contributed by atoms with Crippen LogP contribution in [0.15, 0.2) is 29.1 Å². The maximum Gasteiger partial charge on any atom is 0.277 e. The monoisotopic (exact) mass is 469 g/mol. The number of aromatic nitrogens is 3. The average molecular weight is 470 g/mol. The molecule has 32 heavy (non-hydrogen) atoms. The van der Waals surface area contributed by atoms with Gasteiger partial charge in [-0.1, -0.05) is 12.1 Å². The van der Waals surface area contributed by atoms with Gasteiger partial charge in [-0.15, -0.1) is 11.3 Å². The van der Waals surface area contributed by atoms with Crippen molar-refractivity contribution in [2.24, 2.45) is 7.05 Å². The molecule has 0 unspecified atom stereocenters. The van der Waals surface area contributed by atoms with Gasteiger partial charge in [-0.25, -0.2) is 9.67 Å². The van der Waals surface area contributed by atoms with Crippen LogP contribution in [0.2, 0.25) is 0 Å². The predicted octanol–water partition coefficient (Wildman–Crippen LogP) is 3.63. The van der Waals surface area contributed by atoms with Crippen LogP contribution in [0.3, 0.4) is 0 Å². The minimum Gasteiger partial charge on any atom is -0.321 e. The van der Waals surface area contributed by atoms with Crippen molar-refractivity contribution in [3.8, 4) is 10.6 Å². The molecule has 7 nitrogen and oxygen atoms in total. The van der Waals surface area contributed by atoms with Crippen LogP contribution in [-0.4, -0.2) is 50.2 Å². The normalized spacial score (nSPS) is 14.5. The Morgan fingerprint density at radius 1 is 1.16 bits per heavy atom. The number of anilines is 1. The van der Waals surface area contributed by atoms with Crippen LogP contribution >= 0.6 is 23.1 Å². The zero-order valence-corrected chi connectivity index (χ0v) is 20.4. The summed E-state index contributed by atoms with van der Waals surface area (Å²) in [6.07, 6.45) is 0. The third kappa shape index (κ3) is 4.79. The molecule has 9 heteroatoms. The molecule has 1 aromatic carbocycles. The molecule has 4 rings (SSSR count). The third-order valence-electron chi connectivity index (χ3n) is 5.64. The van der Waals surface area contributed by atoms with Gasteiger partial charge in [-0.2, -0.15) is 16.9 Å². The number of benzene rings is 1. The smallest absolute Gasteiger partial charge is 0.277 e. The number of nitrogens with zero attached hydrogens (tertiary/aromatic N) is 4. The molecule has 0 spiro atoms. The molecular weight excluding hydrogens is 442 g/mol. The molecule has 1 fully saturated rings. The Bertz CT molecular complexity index is 1210. The Morgan fingerprint density at radius 2 is 1.91 bits per heavy atom. The summed E-state index contributed by atoms with van der Waals surface area (Å²) >= 11 is 3.24. The molecule has 1 aliphatic heterocycles. The van der Waals surface area contributed by atoms with E-state index in [1.165, 1.54) is 33.1 Å². The van der Waals surface area contributed by atoms with E-state index in [1.54, 1.807) is 14.0 Å². The van der Waals surface area contributed by atoms with E-state index in [-0.39, 0.29) is 11.5 Å². The van der Waals surface area contributed by atoms with E-state index in [2.05, 4.69) is 26.4 Å². The molecule has 3 heterocycles. The van der Waals surface area contributed by atoms with Crippen molar-refractivity contribution in [2.75, 3.05) is 29.9 Å². The molecule has 1 saturated heterocycles. The Hall–Kier alpha value is -2.49. The zero-order chi connectivity index (χ0) is 22.8. The van der Waals surface area contributed by atoms with Crippen LogP contribution in [0.1, 0.15) is 32.2 Å². The third-order valence-corrected chi connectivity index (χ3v) is 7.75. The minimum atomic E-state index is -0.211. The molecule has 2 aromatic heterocycles. The first kappa shape index (κ1) is 22.7. The van der Waals surface area contributed by atoms with Gasteiger partial charge in [0.15, 0.2) is 0 Å². The number of carbonyl (C=O) groups excluding carboxylic acids is 1. The number of thioether (sulfide) groups is 1. The van der Waals surface area contributed by atoms with Crippen LogP contribution in [0.5, 0.6) is 0 Å². The highest BCUT2D eigenvalue weighted by Crippen LogP contribution is 2.29. The van der Waals surface area contributed by atoms with E-state index in [0.29, 0.717) is 21.1 Å². The Labute approximate surface area is 195 Å². The average Bonchev–Trinajstić information content (AvgIpc) is 3.15. The summed E-state index contributed by atoms with van der Waals surface area (Å²) in [6, 6.07) is 8.00. The highest BCUT2D eigenvalue weighted by molar-refractivity contribution is 7.99. The first-order chi connectivity index (χ1) is 15.3. The molecule has 0 atom stereocenters. The molecule has 0 saturated carbocycles. The second-order valence-corrected chi connectivity index (χ2v) is 10.2. The van der Waals surface area contributed by atoms with Crippen molar-refractivity contribution in [3.05, 3.63) is 62.0 Å². The summed E-state index contributed by atoms with van der Waals surface area (Å²) in [5, 5.41) is 7.78. The number of rotatable bonds is 5. The van der Waals surface area contributed by atoms with Crippen molar-refractivity contribution >= 4 is 34.7 Å². The fourth-order valence-electron chi connectivity index (χ4n) is 3.77. The van der Waals surface area contributed by atoms with Crippen LogP contribution < -0.4 is 10.9 Å². The number of carbonyl (C=O) groups is 1. The van der Waals surface area contributed by atoms with Crippen LogP contribution in [0, 0.1) is 20.8 Å². The van der Waals surface area contributed by atoms with E-state index in [0.717, 1.165) is 36.6 Å². The van der Waals surface area contributed by atoms with Gasteiger partial charge in [0.1, 0.15) is 9.88 Å². The number of hydrogen-bond donors (Lipinski definition) is 1. The van der Waals surface area contributed by atoms with Gasteiger partial charge in [-0.3, -0.25) is 14.5 Å². The summed E-state index contributed by atoms with van der Waals surface area (Å²) < 4.78 is 1.32. The van der Waals surface area contributed by atoms with Gasteiger partial charge >= 0.3 is 0 Å².